The summed E-state index contributed by atoms with van der Waals surface area (Å²) in [4.78, 5) is 13.0. The first-order chi connectivity index (χ1) is 15.2. The van der Waals surface area contributed by atoms with Gasteiger partial charge >= 0.3 is 0 Å². The predicted molar refractivity (Wildman–Crippen MR) is 118 cm³/mol. The number of carbonyl (C=O) groups is 1. The lowest BCUT2D eigenvalue weighted by Crippen LogP contribution is -2.13. The fraction of sp³-hybridized carbons (Fsp3) is 0.115. The molecule has 1 heterocycles. The van der Waals surface area contributed by atoms with Gasteiger partial charge in [0.25, 0.3) is 0 Å². The van der Waals surface area contributed by atoms with Gasteiger partial charge in [-0.1, -0.05) is 66.7 Å². The third kappa shape index (κ3) is 3.24. The molecule has 5 rings (SSSR count). The number of azo groups is 1. The number of methoxy groups -OCH3 is 1. The zero-order chi connectivity index (χ0) is 21.4. The third-order valence-corrected chi connectivity index (χ3v) is 5.73. The number of ketones is 1. The van der Waals surface area contributed by atoms with Gasteiger partial charge in [-0.2, -0.15) is 10.2 Å². The minimum atomic E-state index is -0.275. The number of benzene rings is 3. The van der Waals surface area contributed by atoms with Crippen LogP contribution in [0.2, 0.25) is 0 Å². The first kappa shape index (κ1) is 19.0. The molecule has 0 aromatic heterocycles. The van der Waals surface area contributed by atoms with E-state index in [9.17, 15) is 9.90 Å². The van der Waals surface area contributed by atoms with Crippen LogP contribution in [-0.2, 0) is 0 Å². The molecule has 0 spiro atoms. The van der Waals surface area contributed by atoms with Crippen molar-refractivity contribution in [1.82, 2.24) is 0 Å². The average Bonchev–Trinajstić information content (AvgIpc) is 3.09. The Morgan fingerprint density at radius 1 is 0.871 bits per heavy atom. The zero-order valence-corrected chi connectivity index (χ0v) is 16.9. The Balaban J connectivity index is 1.60. The molecule has 1 aliphatic heterocycles. The van der Waals surface area contributed by atoms with Gasteiger partial charge in [-0.05, 0) is 29.3 Å². The Morgan fingerprint density at radius 2 is 1.58 bits per heavy atom. The van der Waals surface area contributed by atoms with Crippen LogP contribution in [0.1, 0.15) is 39.0 Å². The molecule has 3 aromatic rings. The molecule has 2 aliphatic rings. The molecule has 2 atom stereocenters. The fourth-order valence-electron chi connectivity index (χ4n) is 4.18. The van der Waals surface area contributed by atoms with Crippen molar-refractivity contribution in [1.29, 1.82) is 0 Å². The van der Waals surface area contributed by atoms with E-state index in [0.717, 1.165) is 16.9 Å². The average molecular weight is 408 g/mol. The molecule has 152 valence electrons. The summed E-state index contributed by atoms with van der Waals surface area (Å²) in [5, 5.41) is 19.8. The van der Waals surface area contributed by atoms with Crippen molar-refractivity contribution in [2.24, 2.45) is 10.2 Å². The van der Waals surface area contributed by atoms with E-state index in [-0.39, 0.29) is 29.1 Å². The maximum Gasteiger partial charge on any atom is 0.199 e. The van der Waals surface area contributed by atoms with Crippen molar-refractivity contribution >= 4 is 11.5 Å². The number of allylic oxidation sites excluding steroid dienone is 1. The quantitative estimate of drug-likeness (QED) is 0.572. The Bertz CT molecular complexity index is 1260. The van der Waals surface area contributed by atoms with Crippen LogP contribution >= 0.6 is 0 Å². The lowest BCUT2D eigenvalue weighted by molar-refractivity contribution is 0.103. The van der Waals surface area contributed by atoms with Gasteiger partial charge in [-0.25, -0.2) is 0 Å². The van der Waals surface area contributed by atoms with Crippen molar-refractivity contribution in [3.63, 3.8) is 0 Å². The number of Topliss-reactive ketones (excluding diaryl/α,β-unsaturated/α-hetero) is 1. The summed E-state index contributed by atoms with van der Waals surface area (Å²) in [7, 11) is 1.63. The number of hydrogen-bond acceptors (Lipinski definition) is 5. The van der Waals surface area contributed by atoms with E-state index < -0.39 is 0 Å². The molecule has 31 heavy (non-hydrogen) atoms. The highest BCUT2D eigenvalue weighted by Gasteiger charge is 2.35. The van der Waals surface area contributed by atoms with E-state index in [2.05, 4.69) is 10.2 Å². The van der Waals surface area contributed by atoms with Crippen LogP contribution in [-0.4, -0.2) is 18.0 Å². The highest BCUT2D eigenvalue weighted by molar-refractivity contribution is 6.22. The molecule has 2 unspecified atom stereocenters. The number of ether oxygens (including phenoxy) is 1. The summed E-state index contributed by atoms with van der Waals surface area (Å²) in [6.45, 7) is 0. The van der Waals surface area contributed by atoms with Crippen LogP contribution in [0.3, 0.4) is 0 Å². The molecular weight excluding hydrogens is 388 g/mol. The minimum absolute atomic E-state index is 0.0440. The van der Waals surface area contributed by atoms with Gasteiger partial charge in [0.1, 0.15) is 17.6 Å². The van der Waals surface area contributed by atoms with Crippen LogP contribution in [0.25, 0.3) is 5.76 Å². The fourth-order valence-corrected chi connectivity index (χ4v) is 4.18. The number of aliphatic hydroxyl groups excluding tert-OH is 1. The molecule has 0 saturated carbocycles. The largest absolute Gasteiger partial charge is 0.506 e. The van der Waals surface area contributed by atoms with Crippen LogP contribution in [0.4, 0.5) is 0 Å². The summed E-state index contributed by atoms with van der Waals surface area (Å²) < 4.78 is 5.38. The molecule has 3 aromatic carbocycles. The van der Waals surface area contributed by atoms with E-state index >= 15 is 0 Å². The van der Waals surface area contributed by atoms with E-state index in [1.54, 1.807) is 31.4 Å². The standard InChI is InChI=1S/C26H20N2O3/c1-31-18-11-7-10-17(14-18)24-21(16-8-3-2-4-9-16)15-22(27-28-24)23-25(29)19-12-5-6-13-20(19)26(23)30/h2-15,21,24,29H,1H3. The summed E-state index contributed by atoms with van der Waals surface area (Å²) in [5.41, 5.74) is 3.63. The number of nitrogens with zero attached hydrogens (tertiary/aromatic N) is 2. The van der Waals surface area contributed by atoms with E-state index in [1.165, 1.54) is 0 Å². The lowest BCUT2D eigenvalue weighted by Gasteiger charge is -2.25. The van der Waals surface area contributed by atoms with Crippen LogP contribution < -0.4 is 4.74 Å². The second kappa shape index (κ2) is 7.69. The summed E-state index contributed by atoms with van der Waals surface area (Å²) in [6, 6.07) is 24.5. The summed E-state index contributed by atoms with van der Waals surface area (Å²) in [6.07, 6.45) is 1.93. The number of fused-ring (bicyclic) bond motifs is 1. The molecule has 5 heteroatoms. The highest BCUT2D eigenvalue weighted by atomic mass is 16.5. The van der Waals surface area contributed by atoms with E-state index in [0.29, 0.717) is 16.8 Å². The normalized spacial score (nSPS) is 19.9. The topological polar surface area (TPSA) is 71.2 Å². The van der Waals surface area contributed by atoms with Crippen LogP contribution in [0.15, 0.2) is 106 Å². The van der Waals surface area contributed by atoms with Gasteiger partial charge < -0.3 is 9.84 Å². The predicted octanol–water partition coefficient (Wildman–Crippen LogP) is 6.04. The van der Waals surface area contributed by atoms with Crippen LogP contribution in [0.5, 0.6) is 5.75 Å². The van der Waals surface area contributed by atoms with Crippen LogP contribution in [0, 0.1) is 0 Å². The van der Waals surface area contributed by atoms with Crippen molar-refractivity contribution in [3.05, 3.63) is 118 Å². The number of carbonyl (C=O) groups excluding carboxylic acids is 1. The van der Waals surface area contributed by atoms with Gasteiger partial charge in [0, 0.05) is 17.0 Å². The number of hydrogen-bond donors (Lipinski definition) is 1. The second-order valence-corrected chi connectivity index (χ2v) is 7.52. The Labute approximate surface area is 180 Å². The van der Waals surface area contributed by atoms with E-state index in [1.807, 2.05) is 60.7 Å². The highest BCUT2D eigenvalue weighted by Crippen LogP contribution is 2.44. The molecule has 0 saturated heterocycles. The molecule has 0 bridgehead atoms. The maximum atomic E-state index is 13.0. The molecule has 1 N–H and O–H groups in total. The van der Waals surface area contributed by atoms with Gasteiger partial charge in [-0.15, -0.1) is 0 Å². The van der Waals surface area contributed by atoms with Crippen molar-refractivity contribution in [3.8, 4) is 5.75 Å². The van der Waals surface area contributed by atoms with Crippen molar-refractivity contribution in [2.45, 2.75) is 12.0 Å². The molecule has 0 amide bonds. The first-order valence-electron chi connectivity index (χ1n) is 10.1. The zero-order valence-electron chi connectivity index (χ0n) is 16.9. The van der Waals surface area contributed by atoms with E-state index in [4.69, 9.17) is 4.74 Å². The number of rotatable bonds is 4. The minimum Gasteiger partial charge on any atom is -0.506 e. The Kier molecular flexibility index (Phi) is 4.71. The third-order valence-electron chi connectivity index (χ3n) is 5.73. The second-order valence-electron chi connectivity index (χ2n) is 7.52. The Morgan fingerprint density at radius 3 is 2.32 bits per heavy atom. The Hall–Kier alpha value is -3.99. The smallest absolute Gasteiger partial charge is 0.199 e. The lowest BCUT2D eigenvalue weighted by atomic mass is 9.85. The molecular formula is C26H20N2O3. The molecule has 0 radical (unpaired) electrons. The van der Waals surface area contributed by atoms with Gasteiger partial charge in [0.05, 0.1) is 18.4 Å². The SMILES string of the molecule is COc1cccc(C2N=NC(C3=C(O)c4ccccc4C3=O)=CC2c2ccccc2)c1. The summed E-state index contributed by atoms with van der Waals surface area (Å²) in [5.74, 6) is 0.316. The molecule has 5 nitrogen and oxygen atoms in total. The maximum absolute atomic E-state index is 13.0. The van der Waals surface area contributed by atoms with Gasteiger partial charge in [0.15, 0.2) is 5.78 Å². The van der Waals surface area contributed by atoms with Gasteiger partial charge in [0.2, 0.25) is 0 Å². The number of aliphatic hydroxyl groups is 1. The van der Waals surface area contributed by atoms with Gasteiger partial charge in [-0.3, -0.25) is 4.79 Å². The van der Waals surface area contributed by atoms with Crippen molar-refractivity contribution in [2.75, 3.05) is 7.11 Å². The monoisotopic (exact) mass is 408 g/mol. The van der Waals surface area contributed by atoms with Crippen molar-refractivity contribution < 1.29 is 14.6 Å². The molecule has 0 fully saturated rings. The first-order valence-corrected chi connectivity index (χ1v) is 10.1. The molecule has 1 aliphatic carbocycles. The summed E-state index contributed by atoms with van der Waals surface area (Å²) >= 11 is 0.